The number of pyridine rings is 1. The Morgan fingerprint density at radius 2 is 2.11 bits per heavy atom. The van der Waals surface area contributed by atoms with Crippen LogP contribution < -0.4 is 11.1 Å². The Balaban J connectivity index is 1.88. The monoisotopic (exact) mass is 385 g/mol. The summed E-state index contributed by atoms with van der Waals surface area (Å²) in [4.78, 5) is 34.6. The summed E-state index contributed by atoms with van der Waals surface area (Å²) >= 11 is 5.89. The zero-order valence-corrected chi connectivity index (χ0v) is 16.0. The topological polar surface area (TPSA) is 101 Å². The summed E-state index contributed by atoms with van der Waals surface area (Å²) in [5, 5.41) is 3.30. The highest BCUT2D eigenvalue weighted by atomic mass is 35.5. The van der Waals surface area contributed by atoms with E-state index in [1.54, 1.807) is 38.2 Å². The number of nitrogens with one attached hydrogen (secondary N) is 1. The number of guanidine groups is 1. The second-order valence-electron chi connectivity index (χ2n) is 6.73. The van der Waals surface area contributed by atoms with Gasteiger partial charge in [0.05, 0.1) is 17.0 Å². The predicted molar refractivity (Wildman–Crippen MR) is 105 cm³/mol. The minimum Gasteiger partial charge on any atom is -0.369 e. The van der Waals surface area contributed by atoms with Crippen LogP contribution in [0.1, 0.15) is 35.0 Å². The van der Waals surface area contributed by atoms with Crippen LogP contribution >= 0.6 is 11.6 Å². The molecule has 1 aliphatic heterocycles. The second-order valence-corrected chi connectivity index (χ2v) is 7.16. The summed E-state index contributed by atoms with van der Waals surface area (Å²) < 4.78 is 0. The molecule has 2 aromatic rings. The van der Waals surface area contributed by atoms with E-state index in [2.05, 4.69) is 15.3 Å². The minimum absolute atomic E-state index is 0.111. The Morgan fingerprint density at radius 3 is 2.78 bits per heavy atom. The number of nitrogens with two attached hydrogens (primary N) is 1. The number of carbonyl (C=O) groups excluding carboxylic acids is 2. The Kier molecular flexibility index (Phi) is 4.89. The van der Waals surface area contributed by atoms with Gasteiger partial charge in [-0.25, -0.2) is 9.98 Å². The van der Waals surface area contributed by atoms with Crippen molar-refractivity contribution in [2.75, 3.05) is 12.4 Å². The first-order chi connectivity index (χ1) is 12.7. The van der Waals surface area contributed by atoms with E-state index in [9.17, 15) is 9.59 Å². The summed E-state index contributed by atoms with van der Waals surface area (Å²) in [7, 11) is 1.60. The summed E-state index contributed by atoms with van der Waals surface area (Å²) in [6.45, 7) is 3.61. The number of rotatable bonds is 3. The van der Waals surface area contributed by atoms with E-state index in [4.69, 9.17) is 17.3 Å². The lowest BCUT2D eigenvalue weighted by molar-refractivity contribution is -0.128. The van der Waals surface area contributed by atoms with Gasteiger partial charge >= 0.3 is 0 Å². The number of halogens is 1. The number of hydrogen-bond donors (Lipinski definition) is 2. The van der Waals surface area contributed by atoms with Gasteiger partial charge in [-0.1, -0.05) is 23.7 Å². The maximum atomic E-state index is 12.5. The molecule has 0 fully saturated rings. The molecule has 1 unspecified atom stereocenters. The highest BCUT2D eigenvalue weighted by molar-refractivity contribution is 6.30. The molecule has 0 bridgehead atoms. The van der Waals surface area contributed by atoms with Crippen molar-refractivity contribution in [2.24, 2.45) is 10.7 Å². The largest absolute Gasteiger partial charge is 0.369 e. The molecular formula is C19H20ClN5O2. The predicted octanol–water partition coefficient (Wildman–Crippen LogP) is 2.69. The Morgan fingerprint density at radius 1 is 1.37 bits per heavy atom. The highest BCUT2D eigenvalue weighted by Crippen LogP contribution is 2.34. The maximum Gasteiger partial charge on any atom is 0.274 e. The molecule has 8 heteroatoms. The van der Waals surface area contributed by atoms with E-state index in [1.165, 1.54) is 11.1 Å². The molecule has 7 nitrogen and oxygen atoms in total. The van der Waals surface area contributed by atoms with Crippen LogP contribution in [0, 0.1) is 6.92 Å². The van der Waals surface area contributed by atoms with Crippen LogP contribution in [0.25, 0.3) is 0 Å². The normalized spacial score (nSPS) is 19.6. The van der Waals surface area contributed by atoms with Gasteiger partial charge < -0.3 is 11.1 Å². The van der Waals surface area contributed by atoms with Crippen LogP contribution in [0.5, 0.6) is 0 Å². The van der Waals surface area contributed by atoms with E-state index in [0.717, 1.165) is 5.56 Å². The lowest BCUT2D eigenvalue weighted by Crippen LogP contribution is -2.47. The van der Waals surface area contributed by atoms with Crippen molar-refractivity contribution in [1.29, 1.82) is 0 Å². The quantitative estimate of drug-likeness (QED) is 0.848. The molecule has 1 atom stereocenters. The number of anilines is 1. The van der Waals surface area contributed by atoms with Crippen molar-refractivity contribution in [1.82, 2.24) is 9.88 Å². The standard InChI is InChI=1S/C19H20ClN5O2/c1-11-7-13(20)10-22-16(11)17(27)23-14-6-4-5-12(8-14)19(2)9-15(26)25(3)18(21)24-19/h4-8,10H,9H2,1-3H3,(H2,21,24)(H,23,27). The SMILES string of the molecule is Cc1cc(Cl)cnc1C(=O)Nc1cccc(C2(C)CC(=O)N(C)C(N)=N2)c1. The Hall–Kier alpha value is -2.93. The third-order valence-corrected chi connectivity index (χ3v) is 4.78. The van der Waals surface area contributed by atoms with Gasteiger partial charge in [0.1, 0.15) is 5.69 Å². The first kappa shape index (κ1) is 18.8. The maximum absolute atomic E-state index is 12.5. The average molecular weight is 386 g/mol. The molecule has 140 valence electrons. The van der Waals surface area contributed by atoms with E-state index in [0.29, 0.717) is 22.0 Å². The van der Waals surface area contributed by atoms with E-state index in [1.807, 2.05) is 13.0 Å². The van der Waals surface area contributed by atoms with Gasteiger partial charge in [0.25, 0.3) is 5.91 Å². The fourth-order valence-electron chi connectivity index (χ4n) is 2.98. The van der Waals surface area contributed by atoms with Crippen LogP contribution in [-0.2, 0) is 10.3 Å². The van der Waals surface area contributed by atoms with Gasteiger partial charge in [0.2, 0.25) is 5.91 Å². The molecule has 0 saturated carbocycles. The first-order valence-electron chi connectivity index (χ1n) is 8.35. The molecule has 3 rings (SSSR count). The Bertz CT molecular complexity index is 959. The lowest BCUT2D eigenvalue weighted by atomic mass is 9.87. The van der Waals surface area contributed by atoms with E-state index in [-0.39, 0.29) is 24.2 Å². The smallest absolute Gasteiger partial charge is 0.274 e. The van der Waals surface area contributed by atoms with Gasteiger partial charge in [-0.15, -0.1) is 0 Å². The molecular weight excluding hydrogens is 366 g/mol. The summed E-state index contributed by atoms with van der Waals surface area (Å²) in [5.74, 6) is -0.279. The van der Waals surface area contributed by atoms with Gasteiger partial charge in [-0.3, -0.25) is 14.5 Å². The molecule has 27 heavy (non-hydrogen) atoms. The minimum atomic E-state index is -0.789. The highest BCUT2D eigenvalue weighted by Gasteiger charge is 2.36. The lowest BCUT2D eigenvalue weighted by Gasteiger charge is -2.33. The summed E-state index contributed by atoms with van der Waals surface area (Å²) in [6, 6.07) is 8.89. The number of amides is 2. The van der Waals surface area contributed by atoms with Gasteiger partial charge in [-0.2, -0.15) is 0 Å². The van der Waals surface area contributed by atoms with Crippen LogP contribution in [0.2, 0.25) is 5.02 Å². The van der Waals surface area contributed by atoms with Gasteiger partial charge in [0.15, 0.2) is 5.96 Å². The Labute approximate surface area is 162 Å². The van der Waals surface area contributed by atoms with Crippen molar-refractivity contribution in [3.05, 3.63) is 58.4 Å². The number of hydrogen-bond acceptors (Lipinski definition) is 5. The van der Waals surface area contributed by atoms with Crippen LogP contribution in [0.4, 0.5) is 5.69 Å². The fourth-order valence-corrected chi connectivity index (χ4v) is 3.19. The zero-order chi connectivity index (χ0) is 19.8. The number of carbonyl (C=O) groups is 2. The molecule has 1 aromatic heterocycles. The zero-order valence-electron chi connectivity index (χ0n) is 15.3. The van der Waals surface area contributed by atoms with E-state index < -0.39 is 5.54 Å². The number of nitrogens with zero attached hydrogens (tertiary/aromatic N) is 3. The van der Waals surface area contributed by atoms with E-state index >= 15 is 0 Å². The molecule has 2 heterocycles. The molecule has 1 aliphatic rings. The number of aryl methyl sites for hydroxylation is 1. The molecule has 0 saturated heterocycles. The van der Waals surface area contributed by atoms with Crippen LogP contribution in [0.15, 0.2) is 41.5 Å². The number of aromatic nitrogens is 1. The fraction of sp³-hybridized carbons (Fsp3) is 0.263. The molecule has 0 radical (unpaired) electrons. The van der Waals surface area contributed by atoms with Crippen molar-refractivity contribution >= 4 is 35.1 Å². The second kappa shape index (κ2) is 7.00. The molecule has 0 aliphatic carbocycles. The van der Waals surface area contributed by atoms with Crippen LogP contribution in [0.3, 0.4) is 0 Å². The summed E-state index contributed by atoms with van der Waals surface area (Å²) in [5.41, 5.74) is 7.42. The summed E-state index contributed by atoms with van der Waals surface area (Å²) in [6.07, 6.45) is 1.63. The van der Waals surface area contributed by atoms with Crippen LogP contribution in [-0.4, -0.2) is 34.7 Å². The van der Waals surface area contributed by atoms with Crippen molar-refractivity contribution in [3.63, 3.8) is 0 Å². The third-order valence-electron chi connectivity index (χ3n) is 4.58. The molecule has 2 amide bonds. The molecule has 1 aromatic carbocycles. The van der Waals surface area contributed by atoms with Gasteiger partial charge in [-0.05, 0) is 43.2 Å². The van der Waals surface area contributed by atoms with Crippen molar-refractivity contribution in [3.8, 4) is 0 Å². The number of aliphatic imine (C=N–C) groups is 1. The molecule has 0 spiro atoms. The van der Waals surface area contributed by atoms with Crippen molar-refractivity contribution in [2.45, 2.75) is 25.8 Å². The van der Waals surface area contributed by atoms with Crippen molar-refractivity contribution < 1.29 is 9.59 Å². The first-order valence-corrected chi connectivity index (χ1v) is 8.73. The molecule has 3 N–H and O–H groups in total. The number of benzene rings is 1. The van der Waals surface area contributed by atoms with Gasteiger partial charge in [0, 0.05) is 18.9 Å². The average Bonchev–Trinajstić information content (AvgIpc) is 2.59. The third kappa shape index (κ3) is 3.78.